The SMILES string of the molecule is CCc1ccc(C(=O)N2C(Cc3ccccc3)SCC2C(=O)OCC(C)C)cc1. The zero-order valence-electron chi connectivity index (χ0n) is 17.3. The molecule has 4 nitrogen and oxygen atoms in total. The van der Waals surface area contributed by atoms with E-state index >= 15 is 0 Å². The minimum atomic E-state index is -0.550. The highest BCUT2D eigenvalue weighted by molar-refractivity contribution is 8.00. The van der Waals surface area contributed by atoms with Gasteiger partial charge in [-0.05, 0) is 35.6 Å². The number of ether oxygens (including phenoxy) is 1. The second-order valence-corrected chi connectivity index (χ2v) is 8.99. The molecule has 2 atom stereocenters. The molecule has 2 unspecified atom stereocenters. The summed E-state index contributed by atoms with van der Waals surface area (Å²) in [5.41, 5.74) is 2.95. The number of rotatable bonds is 7. The number of nitrogens with zero attached hydrogens (tertiary/aromatic N) is 1. The quantitative estimate of drug-likeness (QED) is 0.626. The fourth-order valence-electron chi connectivity index (χ4n) is 3.37. The van der Waals surface area contributed by atoms with Crippen molar-refractivity contribution in [2.24, 2.45) is 5.92 Å². The lowest BCUT2D eigenvalue weighted by atomic mass is 10.1. The molecule has 1 aliphatic heterocycles. The number of carbonyl (C=O) groups is 2. The minimum absolute atomic E-state index is 0.0904. The Kier molecular flexibility index (Phi) is 7.37. The van der Waals surface area contributed by atoms with Gasteiger partial charge in [0.2, 0.25) is 0 Å². The molecule has 1 saturated heterocycles. The summed E-state index contributed by atoms with van der Waals surface area (Å²) in [6.45, 7) is 6.47. The average Bonchev–Trinajstić information content (AvgIpc) is 3.15. The number of amides is 1. The number of esters is 1. The maximum atomic E-state index is 13.4. The second-order valence-electron chi connectivity index (χ2n) is 7.78. The third-order valence-corrected chi connectivity index (χ3v) is 6.31. The van der Waals surface area contributed by atoms with Crippen LogP contribution in [0, 0.1) is 5.92 Å². The van der Waals surface area contributed by atoms with Gasteiger partial charge in [0.15, 0.2) is 0 Å². The molecule has 0 aliphatic carbocycles. The summed E-state index contributed by atoms with van der Waals surface area (Å²) in [5.74, 6) is 0.414. The molecule has 0 bridgehead atoms. The van der Waals surface area contributed by atoms with Crippen molar-refractivity contribution in [2.45, 2.75) is 45.0 Å². The van der Waals surface area contributed by atoms with E-state index in [0.717, 1.165) is 12.0 Å². The second kappa shape index (κ2) is 9.97. The first kappa shape index (κ1) is 21.4. The van der Waals surface area contributed by atoms with E-state index in [1.165, 1.54) is 5.56 Å². The van der Waals surface area contributed by atoms with Gasteiger partial charge in [-0.2, -0.15) is 0 Å². The predicted molar refractivity (Wildman–Crippen MR) is 118 cm³/mol. The Hall–Kier alpha value is -2.27. The number of hydrogen-bond donors (Lipinski definition) is 0. The molecular formula is C24H29NO3S. The molecule has 0 spiro atoms. The molecule has 2 aromatic rings. The van der Waals surface area contributed by atoms with Crippen molar-refractivity contribution in [2.75, 3.05) is 12.4 Å². The first-order chi connectivity index (χ1) is 14.0. The van der Waals surface area contributed by atoms with E-state index in [9.17, 15) is 9.59 Å². The monoisotopic (exact) mass is 411 g/mol. The van der Waals surface area contributed by atoms with Crippen LogP contribution in [0.5, 0.6) is 0 Å². The van der Waals surface area contributed by atoms with Crippen LogP contribution in [0.1, 0.15) is 42.3 Å². The molecule has 0 saturated carbocycles. The first-order valence-corrected chi connectivity index (χ1v) is 11.3. The van der Waals surface area contributed by atoms with Crippen LogP contribution in [0.4, 0.5) is 0 Å². The van der Waals surface area contributed by atoms with Crippen LogP contribution in [0.2, 0.25) is 0 Å². The third kappa shape index (κ3) is 5.41. The number of carbonyl (C=O) groups excluding carboxylic acids is 2. The highest BCUT2D eigenvalue weighted by atomic mass is 32.2. The molecule has 0 aromatic heterocycles. The maximum Gasteiger partial charge on any atom is 0.329 e. The zero-order valence-corrected chi connectivity index (χ0v) is 18.2. The van der Waals surface area contributed by atoms with Crippen molar-refractivity contribution in [1.82, 2.24) is 4.90 Å². The summed E-state index contributed by atoms with van der Waals surface area (Å²) >= 11 is 1.65. The smallest absolute Gasteiger partial charge is 0.329 e. The van der Waals surface area contributed by atoms with Gasteiger partial charge < -0.3 is 9.64 Å². The van der Waals surface area contributed by atoms with Crippen LogP contribution in [-0.2, 0) is 22.4 Å². The molecule has 1 heterocycles. The van der Waals surface area contributed by atoms with Crippen molar-refractivity contribution in [3.63, 3.8) is 0 Å². The Morgan fingerprint density at radius 2 is 1.76 bits per heavy atom. The summed E-state index contributed by atoms with van der Waals surface area (Å²) in [7, 11) is 0. The van der Waals surface area contributed by atoms with Crippen molar-refractivity contribution in [1.29, 1.82) is 0 Å². The Bertz CT molecular complexity index is 820. The van der Waals surface area contributed by atoms with Gasteiger partial charge >= 0.3 is 5.97 Å². The normalized spacial score (nSPS) is 18.8. The van der Waals surface area contributed by atoms with Gasteiger partial charge in [-0.25, -0.2) is 4.79 Å². The lowest BCUT2D eigenvalue weighted by Gasteiger charge is -2.29. The highest BCUT2D eigenvalue weighted by Crippen LogP contribution is 2.33. The Balaban J connectivity index is 1.84. The fourth-order valence-corrected chi connectivity index (χ4v) is 4.78. The lowest BCUT2D eigenvalue weighted by molar-refractivity contribution is -0.149. The highest BCUT2D eigenvalue weighted by Gasteiger charge is 2.42. The van der Waals surface area contributed by atoms with Gasteiger partial charge in [0.1, 0.15) is 6.04 Å². The zero-order chi connectivity index (χ0) is 20.8. The molecule has 0 N–H and O–H groups in total. The molecule has 29 heavy (non-hydrogen) atoms. The van der Waals surface area contributed by atoms with E-state index in [0.29, 0.717) is 24.3 Å². The number of benzene rings is 2. The van der Waals surface area contributed by atoms with Crippen molar-refractivity contribution in [3.8, 4) is 0 Å². The average molecular weight is 412 g/mol. The van der Waals surface area contributed by atoms with Gasteiger partial charge in [0.25, 0.3) is 5.91 Å². The predicted octanol–water partition coefficient (Wildman–Crippen LogP) is 4.57. The summed E-state index contributed by atoms with van der Waals surface area (Å²) in [6.07, 6.45) is 1.63. The minimum Gasteiger partial charge on any atom is -0.464 e. The van der Waals surface area contributed by atoms with Crippen LogP contribution in [-0.4, -0.2) is 40.6 Å². The topological polar surface area (TPSA) is 46.6 Å². The van der Waals surface area contributed by atoms with Gasteiger partial charge in [-0.15, -0.1) is 11.8 Å². The fraction of sp³-hybridized carbons (Fsp3) is 0.417. The van der Waals surface area contributed by atoms with E-state index in [4.69, 9.17) is 4.74 Å². The molecular weight excluding hydrogens is 382 g/mol. The van der Waals surface area contributed by atoms with Crippen LogP contribution < -0.4 is 0 Å². The van der Waals surface area contributed by atoms with E-state index in [-0.39, 0.29) is 23.2 Å². The van der Waals surface area contributed by atoms with E-state index in [1.54, 1.807) is 16.7 Å². The van der Waals surface area contributed by atoms with E-state index in [1.807, 2.05) is 56.3 Å². The number of thioether (sulfide) groups is 1. The Morgan fingerprint density at radius 1 is 1.07 bits per heavy atom. The maximum absolute atomic E-state index is 13.4. The first-order valence-electron chi connectivity index (χ1n) is 10.2. The van der Waals surface area contributed by atoms with Gasteiger partial charge in [-0.3, -0.25) is 4.79 Å². The van der Waals surface area contributed by atoms with Crippen molar-refractivity contribution in [3.05, 3.63) is 71.3 Å². The summed E-state index contributed by atoms with van der Waals surface area (Å²) in [4.78, 5) is 27.9. The van der Waals surface area contributed by atoms with Crippen molar-refractivity contribution >= 4 is 23.6 Å². The molecule has 3 rings (SSSR count). The van der Waals surface area contributed by atoms with E-state index < -0.39 is 6.04 Å². The number of hydrogen-bond acceptors (Lipinski definition) is 4. The molecule has 154 valence electrons. The van der Waals surface area contributed by atoms with Gasteiger partial charge in [0.05, 0.1) is 12.0 Å². The Morgan fingerprint density at radius 3 is 2.38 bits per heavy atom. The molecule has 1 aliphatic rings. The standard InChI is InChI=1S/C24H29NO3S/c1-4-18-10-12-20(13-11-18)23(26)25-21(24(27)28-15-17(2)3)16-29-22(25)14-19-8-6-5-7-9-19/h5-13,17,21-22H,4,14-16H2,1-3H3. The summed E-state index contributed by atoms with van der Waals surface area (Å²) in [6, 6.07) is 17.2. The lowest BCUT2D eigenvalue weighted by Crippen LogP contribution is -2.47. The largest absolute Gasteiger partial charge is 0.464 e. The van der Waals surface area contributed by atoms with Gasteiger partial charge in [0, 0.05) is 17.7 Å². The van der Waals surface area contributed by atoms with E-state index in [2.05, 4.69) is 19.1 Å². The molecule has 2 aromatic carbocycles. The summed E-state index contributed by atoms with van der Waals surface area (Å²) < 4.78 is 5.49. The van der Waals surface area contributed by atoms with Crippen molar-refractivity contribution < 1.29 is 14.3 Å². The summed E-state index contributed by atoms with van der Waals surface area (Å²) in [5, 5.41) is -0.0904. The third-order valence-electron chi connectivity index (χ3n) is 5.02. The van der Waals surface area contributed by atoms with Gasteiger partial charge in [-0.1, -0.05) is 63.2 Å². The van der Waals surface area contributed by atoms with Crippen LogP contribution in [0.15, 0.2) is 54.6 Å². The molecule has 5 heteroatoms. The molecule has 0 radical (unpaired) electrons. The van der Waals surface area contributed by atoms with Crippen LogP contribution in [0.25, 0.3) is 0 Å². The van der Waals surface area contributed by atoms with Crippen LogP contribution >= 0.6 is 11.8 Å². The van der Waals surface area contributed by atoms with Crippen LogP contribution in [0.3, 0.4) is 0 Å². The molecule has 1 amide bonds. The molecule has 1 fully saturated rings. The Labute approximate surface area is 177 Å². The number of aryl methyl sites for hydroxylation is 1.